The lowest BCUT2D eigenvalue weighted by Gasteiger charge is -2.17. The minimum Gasteiger partial charge on any atom is -0.397 e. The maximum atomic E-state index is 12.2. The molecule has 0 aliphatic carbocycles. The van der Waals surface area contributed by atoms with E-state index < -0.39 is 25.0 Å². The summed E-state index contributed by atoms with van der Waals surface area (Å²) in [4.78, 5) is 13.5. The van der Waals surface area contributed by atoms with Gasteiger partial charge in [-0.25, -0.2) is 0 Å². The van der Waals surface area contributed by atoms with Crippen LogP contribution in [0.4, 0.5) is 18.9 Å². The molecular weight excluding hydrogens is 325 g/mol. The highest BCUT2D eigenvalue weighted by Gasteiger charge is 2.29. The standard InChI is InChI=1S/C13H12ClF3N2OS/c1-19(5-4-13(15,16)17)12(20)11-10(18)8-3-2-7(14)6-9(8)21-11/h2-3,6H,4-5,18H2,1H3. The molecule has 1 aromatic carbocycles. The van der Waals surface area contributed by atoms with E-state index in [9.17, 15) is 18.0 Å². The van der Waals surface area contributed by atoms with Crippen molar-refractivity contribution >= 4 is 44.6 Å². The van der Waals surface area contributed by atoms with E-state index in [1.54, 1.807) is 18.2 Å². The molecule has 0 aliphatic rings. The molecule has 1 amide bonds. The predicted octanol–water partition coefficient (Wildman–Crippen LogP) is 4.16. The van der Waals surface area contributed by atoms with Crippen molar-refractivity contribution in [1.82, 2.24) is 4.90 Å². The van der Waals surface area contributed by atoms with E-state index in [-0.39, 0.29) is 10.6 Å². The fourth-order valence-electron chi connectivity index (χ4n) is 1.82. The first-order valence-electron chi connectivity index (χ1n) is 5.99. The van der Waals surface area contributed by atoms with Crippen LogP contribution in [-0.2, 0) is 0 Å². The highest BCUT2D eigenvalue weighted by atomic mass is 35.5. The van der Waals surface area contributed by atoms with Crippen LogP contribution in [0.25, 0.3) is 10.1 Å². The van der Waals surface area contributed by atoms with Crippen molar-refractivity contribution in [3.05, 3.63) is 28.1 Å². The Kier molecular flexibility index (Phi) is 4.34. The van der Waals surface area contributed by atoms with Crippen molar-refractivity contribution in [2.75, 3.05) is 19.3 Å². The van der Waals surface area contributed by atoms with Crippen LogP contribution in [0, 0.1) is 0 Å². The Morgan fingerprint density at radius 3 is 2.71 bits per heavy atom. The van der Waals surface area contributed by atoms with Crippen molar-refractivity contribution < 1.29 is 18.0 Å². The maximum Gasteiger partial charge on any atom is 0.390 e. The molecule has 8 heteroatoms. The number of thiophene rings is 1. The smallest absolute Gasteiger partial charge is 0.390 e. The van der Waals surface area contributed by atoms with Crippen molar-refractivity contribution in [3.63, 3.8) is 0 Å². The average Bonchev–Trinajstić information content (AvgIpc) is 2.71. The highest BCUT2D eigenvalue weighted by molar-refractivity contribution is 7.21. The molecule has 1 aromatic heterocycles. The molecule has 114 valence electrons. The molecule has 0 fully saturated rings. The summed E-state index contributed by atoms with van der Waals surface area (Å²) in [7, 11) is 1.32. The van der Waals surface area contributed by atoms with Crippen molar-refractivity contribution in [1.29, 1.82) is 0 Å². The summed E-state index contributed by atoms with van der Waals surface area (Å²) >= 11 is 6.99. The zero-order chi connectivity index (χ0) is 15.8. The van der Waals surface area contributed by atoms with Crippen LogP contribution < -0.4 is 5.73 Å². The molecule has 2 aromatic rings. The summed E-state index contributed by atoms with van der Waals surface area (Å²) in [6.07, 6.45) is -5.35. The molecule has 3 nitrogen and oxygen atoms in total. The molecule has 0 saturated heterocycles. The molecule has 0 saturated carbocycles. The zero-order valence-electron chi connectivity index (χ0n) is 11.0. The molecule has 0 radical (unpaired) electrons. The fraction of sp³-hybridized carbons (Fsp3) is 0.308. The van der Waals surface area contributed by atoms with Crippen molar-refractivity contribution in [2.24, 2.45) is 0 Å². The summed E-state index contributed by atoms with van der Waals surface area (Å²) in [5.41, 5.74) is 6.18. The van der Waals surface area contributed by atoms with E-state index in [2.05, 4.69) is 0 Å². The Labute approximate surface area is 128 Å². The largest absolute Gasteiger partial charge is 0.397 e. The van der Waals surface area contributed by atoms with Gasteiger partial charge in [0, 0.05) is 28.7 Å². The van der Waals surface area contributed by atoms with Gasteiger partial charge in [-0.3, -0.25) is 4.79 Å². The van der Waals surface area contributed by atoms with E-state index in [1.165, 1.54) is 7.05 Å². The van der Waals surface area contributed by atoms with E-state index in [1.807, 2.05) is 0 Å². The number of carbonyl (C=O) groups is 1. The quantitative estimate of drug-likeness (QED) is 0.914. The van der Waals surface area contributed by atoms with Crippen molar-refractivity contribution in [3.8, 4) is 0 Å². The number of hydrogen-bond donors (Lipinski definition) is 1. The van der Waals surface area contributed by atoms with Gasteiger partial charge in [-0.1, -0.05) is 11.6 Å². The predicted molar refractivity (Wildman–Crippen MR) is 78.9 cm³/mol. The summed E-state index contributed by atoms with van der Waals surface area (Å²) in [5.74, 6) is -0.519. The lowest BCUT2D eigenvalue weighted by Crippen LogP contribution is -2.30. The van der Waals surface area contributed by atoms with E-state index in [4.69, 9.17) is 17.3 Å². The lowest BCUT2D eigenvalue weighted by molar-refractivity contribution is -0.136. The minimum absolute atomic E-state index is 0.233. The number of hydrogen-bond acceptors (Lipinski definition) is 3. The normalized spacial score (nSPS) is 11.9. The zero-order valence-corrected chi connectivity index (χ0v) is 12.6. The van der Waals surface area contributed by atoms with Gasteiger partial charge in [-0.05, 0) is 18.2 Å². The first kappa shape index (κ1) is 15.9. The monoisotopic (exact) mass is 336 g/mol. The number of amides is 1. The van der Waals surface area contributed by atoms with Crippen LogP contribution in [0.3, 0.4) is 0 Å². The van der Waals surface area contributed by atoms with Crippen LogP contribution in [0.2, 0.25) is 5.02 Å². The highest BCUT2D eigenvalue weighted by Crippen LogP contribution is 2.36. The van der Waals surface area contributed by atoms with Crippen LogP contribution >= 0.6 is 22.9 Å². The Morgan fingerprint density at radius 2 is 2.10 bits per heavy atom. The van der Waals surface area contributed by atoms with E-state index in [0.717, 1.165) is 20.9 Å². The second-order valence-electron chi connectivity index (χ2n) is 4.58. The van der Waals surface area contributed by atoms with Gasteiger partial charge in [0.1, 0.15) is 4.88 Å². The Bertz CT molecular complexity index is 684. The van der Waals surface area contributed by atoms with Gasteiger partial charge in [-0.2, -0.15) is 13.2 Å². The summed E-state index contributed by atoms with van der Waals surface area (Å²) in [6, 6.07) is 5.01. The third-order valence-electron chi connectivity index (χ3n) is 2.96. The van der Waals surface area contributed by atoms with Gasteiger partial charge in [0.25, 0.3) is 5.91 Å². The molecule has 21 heavy (non-hydrogen) atoms. The lowest BCUT2D eigenvalue weighted by atomic mass is 10.2. The van der Waals surface area contributed by atoms with E-state index in [0.29, 0.717) is 10.4 Å². The molecular formula is C13H12ClF3N2OS. The number of nitrogens with two attached hydrogens (primary N) is 1. The van der Waals surface area contributed by atoms with Gasteiger partial charge in [0.2, 0.25) is 0 Å². The number of alkyl halides is 3. The van der Waals surface area contributed by atoms with Crippen LogP contribution in [-0.4, -0.2) is 30.6 Å². The molecule has 0 bridgehead atoms. The molecule has 0 aliphatic heterocycles. The second kappa shape index (κ2) is 5.73. The SMILES string of the molecule is CN(CCC(F)(F)F)C(=O)c1sc2cc(Cl)ccc2c1N. The molecule has 0 spiro atoms. The molecule has 2 N–H and O–H groups in total. The minimum atomic E-state index is -4.30. The van der Waals surface area contributed by atoms with Crippen molar-refractivity contribution in [2.45, 2.75) is 12.6 Å². The number of benzene rings is 1. The topological polar surface area (TPSA) is 46.3 Å². The summed E-state index contributed by atoms with van der Waals surface area (Å²) in [6.45, 7) is -0.406. The number of nitrogens with zero attached hydrogens (tertiary/aromatic N) is 1. The third-order valence-corrected chi connectivity index (χ3v) is 4.35. The van der Waals surface area contributed by atoms with Crippen LogP contribution in [0.1, 0.15) is 16.1 Å². The molecule has 1 heterocycles. The van der Waals surface area contributed by atoms with Gasteiger partial charge in [0.05, 0.1) is 12.1 Å². The maximum absolute atomic E-state index is 12.2. The first-order valence-corrected chi connectivity index (χ1v) is 7.18. The number of fused-ring (bicyclic) bond motifs is 1. The number of anilines is 1. The number of rotatable bonds is 3. The Balaban J connectivity index is 2.25. The summed E-state index contributed by atoms with van der Waals surface area (Å²) in [5, 5.41) is 1.19. The third kappa shape index (κ3) is 3.59. The fourth-order valence-corrected chi connectivity index (χ4v) is 3.21. The molecule has 0 unspecified atom stereocenters. The first-order chi connectivity index (χ1) is 9.69. The number of halogens is 4. The molecule has 2 rings (SSSR count). The number of carbonyl (C=O) groups excluding carboxylic acids is 1. The van der Waals surface area contributed by atoms with Gasteiger partial charge < -0.3 is 10.6 Å². The molecule has 0 atom stereocenters. The van der Waals surface area contributed by atoms with E-state index >= 15 is 0 Å². The Hall–Kier alpha value is -1.47. The van der Waals surface area contributed by atoms with Gasteiger partial charge >= 0.3 is 6.18 Å². The Morgan fingerprint density at radius 1 is 1.43 bits per heavy atom. The number of nitrogen functional groups attached to an aromatic ring is 1. The van der Waals surface area contributed by atoms with Gasteiger partial charge in [0.15, 0.2) is 0 Å². The second-order valence-corrected chi connectivity index (χ2v) is 6.07. The van der Waals surface area contributed by atoms with Gasteiger partial charge in [-0.15, -0.1) is 11.3 Å². The average molecular weight is 337 g/mol. The summed E-state index contributed by atoms with van der Waals surface area (Å²) < 4.78 is 37.3. The van der Waals surface area contributed by atoms with Crippen LogP contribution in [0.15, 0.2) is 18.2 Å². The van der Waals surface area contributed by atoms with Crippen LogP contribution in [0.5, 0.6) is 0 Å².